The Morgan fingerprint density at radius 1 is 0.944 bits per heavy atom. The smallest absolute Gasteiger partial charge is 0.417 e. The van der Waals surface area contributed by atoms with Crippen LogP contribution in [0.2, 0.25) is 0 Å². The lowest BCUT2D eigenvalue weighted by Gasteiger charge is -2.37. The van der Waals surface area contributed by atoms with Crippen molar-refractivity contribution >= 4 is 5.91 Å². The molecule has 188 valence electrons. The number of carbonyl (C=O) groups is 1. The second-order valence-corrected chi connectivity index (χ2v) is 9.28. The molecule has 0 saturated carbocycles. The van der Waals surface area contributed by atoms with Gasteiger partial charge in [-0.15, -0.1) is 0 Å². The normalized spacial score (nSPS) is 17.9. The van der Waals surface area contributed by atoms with Crippen molar-refractivity contribution in [2.24, 2.45) is 0 Å². The average molecular weight is 498 g/mol. The van der Waals surface area contributed by atoms with Gasteiger partial charge >= 0.3 is 6.18 Å². The van der Waals surface area contributed by atoms with Gasteiger partial charge in [-0.2, -0.15) is 13.2 Å². The molecule has 36 heavy (non-hydrogen) atoms. The van der Waals surface area contributed by atoms with Crippen molar-refractivity contribution in [1.82, 2.24) is 4.90 Å². The molecule has 3 aromatic carbocycles. The molecule has 0 bridgehead atoms. The molecule has 0 aliphatic carbocycles. The molecule has 5 rings (SSSR count). The van der Waals surface area contributed by atoms with E-state index in [4.69, 9.17) is 9.47 Å². The number of rotatable bonds is 5. The molecule has 0 atom stereocenters. The Kier molecular flexibility index (Phi) is 6.49. The fraction of sp³-hybridized carbons (Fsp3) is 0.321. The molecule has 0 spiro atoms. The number of hydrogen-bond acceptors (Lipinski definition) is 4. The minimum atomic E-state index is -4.42. The Hall–Kier alpha value is -3.36. The standard InChI is InChI=1S/C28H26F3NO4/c29-28(30,31)25-4-2-1-3-24(25)19-7-11-22(12-8-19)36-23-13-15-32(16-14-23)26(33)20-5-9-21(10-6-20)27(34)17-35-18-27/h1-12,23,34H,13-18H2. The van der Waals surface area contributed by atoms with E-state index in [9.17, 15) is 23.1 Å². The second kappa shape index (κ2) is 9.59. The number of piperidine rings is 1. The molecule has 2 saturated heterocycles. The van der Waals surface area contributed by atoms with Crippen molar-refractivity contribution in [2.45, 2.75) is 30.7 Å². The van der Waals surface area contributed by atoms with Gasteiger partial charge in [-0.3, -0.25) is 4.79 Å². The summed E-state index contributed by atoms with van der Waals surface area (Å²) < 4.78 is 51.1. The van der Waals surface area contributed by atoms with Crippen LogP contribution in [0.1, 0.15) is 34.3 Å². The first kappa shape index (κ1) is 24.3. The number of hydrogen-bond donors (Lipinski definition) is 1. The molecule has 5 nitrogen and oxygen atoms in total. The zero-order chi connectivity index (χ0) is 25.3. The van der Waals surface area contributed by atoms with Gasteiger partial charge in [0.1, 0.15) is 17.5 Å². The van der Waals surface area contributed by atoms with Gasteiger partial charge in [-0.25, -0.2) is 0 Å². The maximum atomic E-state index is 13.3. The monoisotopic (exact) mass is 497 g/mol. The number of carbonyl (C=O) groups excluding carboxylic acids is 1. The molecule has 8 heteroatoms. The summed E-state index contributed by atoms with van der Waals surface area (Å²) in [6, 6.07) is 19.1. The Bertz CT molecular complexity index is 1210. The van der Waals surface area contributed by atoms with Gasteiger partial charge in [0.25, 0.3) is 5.91 Å². The summed E-state index contributed by atoms with van der Waals surface area (Å²) in [5.74, 6) is 0.519. The van der Waals surface area contributed by atoms with Gasteiger partial charge in [-0.1, -0.05) is 42.5 Å². The third-order valence-corrected chi connectivity index (χ3v) is 6.78. The van der Waals surface area contributed by atoms with Gasteiger partial charge in [0.2, 0.25) is 0 Å². The predicted molar refractivity (Wildman–Crippen MR) is 128 cm³/mol. The fourth-order valence-electron chi connectivity index (χ4n) is 4.63. The minimum absolute atomic E-state index is 0.0652. The van der Waals surface area contributed by atoms with Crippen LogP contribution in [0.4, 0.5) is 13.2 Å². The van der Waals surface area contributed by atoms with Crippen LogP contribution in [0.5, 0.6) is 5.75 Å². The van der Waals surface area contributed by atoms with Crippen molar-refractivity contribution in [3.05, 3.63) is 89.5 Å². The molecule has 1 N–H and O–H groups in total. The summed E-state index contributed by atoms with van der Waals surface area (Å²) in [5.41, 5.74) is 0.280. The first-order valence-corrected chi connectivity index (χ1v) is 11.9. The molecule has 2 heterocycles. The quantitative estimate of drug-likeness (QED) is 0.522. The highest BCUT2D eigenvalue weighted by molar-refractivity contribution is 5.94. The molecule has 3 aromatic rings. The molecular weight excluding hydrogens is 471 g/mol. The van der Waals surface area contributed by atoms with Crippen LogP contribution < -0.4 is 4.74 Å². The zero-order valence-corrected chi connectivity index (χ0v) is 19.5. The highest BCUT2D eigenvalue weighted by atomic mass is 19.4. The van der Waals surface area contributed by atoms with Crippen LogP contribution in [0.25, 0.3) is 11.1 Å². The van der Waals surface area contributed by atoms with Crippen LogP contribution in [-0.2, 0) is 16.5 Å². The molecule has 2 fully saturated rings. The number of benzene rings is 3. The van der Waals surface area contributed by atoms with Gasteiger partial charge in [-0.05, 0) is 47.0 Å². The lowest BCUT2D eigenvalue weighted by molar-refractivity contribution is -0.184. The highest BCUT2D eigenvalue weighted by Gasteiger charge is 2.38. The number of ether oxygens (including phenoxy) is 2. The lowest BCUT2D eigenvalue weighted by Crippen LogP contribution is -2.46. The maximum absolute atomic E-state index is 13.3. The maximum Gasteiger partial charge on any atom is 0.417 e. The summed E-state index contributed by atoms with van der Waals surface area (Å²) in [4.78, 5) is 14.7. The molecule has 2 aliphatic heterocycles. The predicted octanol–water partition coefficient (Wildman–Crippen LogP) is 5.27. The third kappa shape index (κ3) is 4.96. The van der Waals surface area contributed by atoms with E-state index >= 15 is 0 Å². The largest absolute Gasteiger partial charge is 0.490 e. The Balaban J connectivity index is 1.17. The minimum Gasteiger partial charge on any atom is -0.490 e. The summed E-state index contributed by atoms with van der Waals surface area (Å²) in [6.45, 7) is 1.61. The van der Waals surface area contributed by atoms with E-state index < -0.39 is 17.3 Å². The van der Waals surface area contributed by atoms with Crippen LogP contribution in [0.3, 0.4) is 0 Å². The van der Waals surface area contributed by atoms with Crippen LogP contribution in [-0.4, -0.2) is 48.3 Å². The van der Waals surface area contributed by atoms with E-state index in [1.165, 1.54) is 12.1 Å². The number of alkyl halides is 3. The number of amides is 1. The number of halogens is 3. The summed E-state index contributed by atoms with van der Waals surface area (Å²) in [6.07, 6.45) is -3.21. The van der Waals surface area contributed by atoms with Crippen molar-refractivity contribution in [1.29, 1.82) is 0 Å². The van der Waals surface area contributed by atoms with Crippen LogP contribution in [0, 0.1) is 0 Å². The zero-order valence-electron chi connectivity index (χ0n) is 19.5. The average Bonchev–Trinajstić information content (AvgIpc) is 2.87. The van der Waals surface area contributed by atoms with Crippen molar-refractivity contribution < 1.29 is 32.5 Å². The fourth-order valence-corrected chi connectivity index (χ4v) is 4.63. The van der Waals surface area contributed by atoms with E-state index in [2.05, 4.69) is 0 Å². The first-order chi connectivity index (χ1) is 17.2. The number of nitrogens with zero attached hydrogens (tertiary/aromatic N) is 1. The van der Waals surface area contributed by atoms with Gasteiger partial charge < -0.3 is 19.5 Å². The Morgan fingerprint density at radius 2 is 1.58 bits per heavy atom. The van der Waals surface area contributed by atoms with E-state index in [1.54, 1.807) is 59.5 Å². The summed E-state index contributed by atoms with van der Waals surface area (Å²) >= 11 is 0. The van der Waals surface area contributed by atoms with Gasteiger partial charge in [0, 0.05) is 31.5 Å². The van der Waals surface area contributed by atoms with Crippen LogP contribution >= 0.6 is 0 Å². The topological polar surface area (TPSA) is 59.0 Å². The van der Waals surface area contributed by atoms with Crippen molar-refractivity contribution in [3.63, 3.8) is 0 Å². The first-order valence-electron chi connectivity index (χ1n) is 11.9. The molecule has 0 radical (unpaired) electrons. The van der Waals surface area contributed by atoms with Gasteiger partial charge in [0.15, 0.2) is 0 Å². The van der Waals surface area contributed by atoms with E-state index in [1.807, 2.05) is 0 Å². The summed E-state index contributed by atoms with van der Waals surface area (Å²) in [7, 11) is 0. The van der Waals surface area contributed by atoms with E-state index in [-0.39, 0.29) is 30.8 Å². The Labute approximate surface area is 207 Å². The van der Waals surface area contributed by atoms with Gasteiger partial charge in [0.05, 0.1) is 18.8 Å². The number of aliphatic hydroxyl groups is 1. The van der Waals surface area contributed by atoms with Crippen molar-refractivity contribution in [3.8, 4) is 16.9 Å². The van der Waals surface area contributed by atoms with Crippen molar-refractivity contribution in [2.75, 3.05) is 26.3 Å². The molecule has 1 amide bonds. The SMILES string of the molecule is O=C(c1ccc(C2(O)COC2)cc1)N1CCC(Oc2ccc(-c3ccccc3C(F)(F)F)cc2)CC1. The molecule has 2 aliphatic rings. The number of likely N-dealkylation sites (tertiary alicyclic amines) is 1. The second-order valence-electron chi connectivity index (χ2n) is 9.28. The van der Waals surface area contributed by atoms with E-state index in [0.717, 1.165) is 11.6 Å². The molecular formula is C28H26F3NO4. The van der Waals surface area contributed by atoms with E-state index in [0.29, 0.717) is 42.8 Å². The Morgan fingerprint density at radius 3 is 2.17 bits per heavy atom. The van der Waals surface area contributed by atoms with Crippen LogP contribution in [0.15, 0.2) is 72.8 Å². The highest BCUT2D eigenvalue weighted by Crippen LogP contribution is 2.37. The lowest BCUT2D eigenvalue weighted by atomic mass is 9.91. The molecule has 0 unspecified atom stereocenters. The third-order valence-electron chi connectivity index (χ3n) is 6.78. The molecule has 0 aromatic heterocycles. The summed E-state index contributed by atoms with van der Waals surface area (Å²) in [5, 5.41) is 10.3.